The summed E-state index contributed by atoms with van der Waals surface area (Å²) in [6.07, 6.45) is 10.2. The van der Waals surface area contributed by atoms with Crippen molar-refractivity contribution in [2.24, 2.45) is 0 Å². The van der Waals surface area contributed by atoms with E-state index in [1.54, 1.807) is 24.3 Å². The molecule has 0 amide bonds. The Bertz CT molecular complexity index is 975. The molecule has 0 aliphatic carbocycles. The molecule has 0 heterocycles. The molecule has 0 aliphatic rings. The topological polar surface area (TPSA) is 69.7 Å². The predicted octanol–water partition coefficient (Wildman–Crippen LogP) is 7.86. The minimum absolute atomic E-state index is 0.117. The fraction of sp³-hybridized carbons (Fsp3) is 0.567. The Kier molecular flexibility index (Phi) is 15.6. The van der Waals surface area contributed by atoms with Gasteiger partial charge in [-0.25, -0.2) is 0 Å². The molecule has 7 heteroatoms. The first-order valence-corrected chi connectivity index (χ1v) is 16.2. The van der Waals surface area contributed by atoms with E-state index in [0.717, 1.165) is 74.0 Å². The van der Waals surface area contributed by atoms with Gasteiger partial charge in [0.2, 0.25) is 0 Å². The van der Waals surface area contributed by atoms with Crippen molar-refractivity contribution in [3.05, 3.63) is 65.7 Å². The second-order valence-corrected chi connectivity index (χ2v) is 12.3. The van der Waals surface area contributed by atoms with E-state index in [2.05, 4.69) is 6.92 Å². The van der Waals surface area contributed by atoms with Crippen LogP contribution in [0.5, 0.6) is 0 Å². The first-order valence-electron chi connectivity index (χ1n) is 13.7. The van der Waals surface area contributed by atoms with Gasteiger partial charge in [0, 0.05) is 6.42 Å². The monoisotopic (exact) mass is 548 g/mol. The van der Waals surface area contributed by atoms with Crippen molar-refractivity contribution in [2.45, 2.75) is 102 Å². The average molecular weight is 549 g/mol. The minimum Gasteiger partial charge on any atom is -0.461 e. The number of hydrogen-bond donors (Lipinski definition) is 0. The van der Waals surface area contributed by atoms with Crippen LogP contribution in [0.1, 0.15) is 88.7 Å². The third-order valence-corrected chi connectivity index (χ3v) is 8.69. The van der Waals surface area contributed by atoms with Crippen LogP contribution < -0.4 is 0 Å². The van der Waals surface area contributed by atoms with Gasteiger partial charge in [-0.2, -0.15) is 20.2 Å². The van der Waals surface area contributed by atoms with Gasteiger partial charge in [-0.3, -0.25) is 8.98 Å². The molecule has 0 unspecified atom stereocenters. The van der Waals surface area contributed by atoms with Gasteiger partial charge in [-0.1, -0.05) is 87.1 Å². The number of thioether (sulfide) groups is 1. The van der Waals surface area contributed by atoms with Gasteiger partial charge in [0.15, 0.2) is 0 Å². The number of hydrogen-bond acceptors (Lipinski definition) is 6. The lowest BCUT2D eigenvalue weighted by Gasteiger charge is -2.17. The Morgan fingerprint density at radius 3 is 2.19 bits per heavy atom. The van der Waals surface area contributed by atoms with Crippen LogP contribution in [0.15, 0.2) is 59.5 Å². The molecule has 0 fully saturated rings. The van der Waals surface area contributed by atoms with Crippen molar-refractivity contribution >= 4 is 27.8 Å². The van der Waals surface area contributed by atoms with E-state index in [-0.39, 0.29) is 17.0 Å². The normalized spacial score (nSPS) is 12.4. The fourth-order valence-corrected chi connectivity index (χ4v) is 6.15. The summed E-state index contributed by atoms with van der Waals surface area (Å²) in [5.41, 5.74) is 2.05. The van der Waals surface area contributed by atoms with Gasteiger partial charge in [-0.05, 0) is 68.2 Å². The number of benzene rings is 2. The van der Waals surface area contributed by atoms with Crippen LogP contribution in [0, 0.1) is 6.92 Å². The third-order valence-electron chi connectivity index (χ3n) is 6.16. The molecule has 37 heavy (non-hydrogen) atoms. The quantitative estimate of drug-likeness (QED) is 0.0953. The standard InChI is InChI=1S/C30H44O5S2/c1-3-14-28(35-37(32,33)29-21-19-26(2)20-22-29)17-10-5-4-6-12-23-36-24-13-11-18-30(31)34-25-27-15-8-7-9-16-27/h7-9,15-16,19-22,28H,3-6,10-14,17-18,23-25H2,1-2H3/t28-/m1/s1. The van der Waals surface area contributed by atoms with Crippen molar-refractivity contribution in [1.29, 1.82) is 0 Å². The molecule has 2 aromatic carbocycles. The van der Waals surface area contributed by atoms with Crippen molar-refractivity contribution < 1.29 is 22.1 Å². The van der Waals surface area contributed by atoms with Crippen LogP contribution >= 0.6 is 11.8 Å². The van der Waals surface area contributed by atoms with Crippen LogP contribution in [0.2, 0.25) is 0 Å². The lowest BCUT2D eigenvalue weighted by molar-refractivity contribution is -0.145. The molecular formula is C30H44O5S2. The minimum atomic E-state index is -3.71. The van der Waals surface area contributed by atoms with Crippen LogP contribution in [0.25, 0.3) is 0 Å². The highest BCUT2D eigenvalue weighted by Gasteiger charge is 2.21. The predicted molar refractivity (Wildman–Crippen MR) is 153 cm³/mol. The highest BCUT2D eigenvalue weighted by molar-refractivity contribution is 7.99. The summed E-state index contributed by atoms with van der Waals surface area (Å²) >= 11 is 1.96. The van der Waals surface area contributed by atoms with Crippen molar-refractivity contribution in [1.82, 2.24) is 0 Å². The molecular weight excluding hydrogens is 504 g/mol. The SMILES string of the molecule is CCC[C@H](CCCCCCCSCCCCC(=O)OCc1ccccc1)OS(=O)(=O)c1ccc(C)cc1. The third kappa shape index (κ3) is 14.0. The summed E-state index contributed by atoms with van der Waals surface area (Å²) in [7, 11) is -3.71. The maximum Gasteiger partial charge on any atom is 0.306 e. The summed E-state index contributed by atoms with van der Waals surface area (Å²) in [5, 5.41) is 0. The molecule has 1 atom stereocenters. The average Bonchev–Trinajstić information content (AvgIpc) is 2.89. The zero-order valence-electron chi connectivity index (χ0n) is 22.5. The number of aryl methyl sites for hydroxylation is 1. The smallest absolute Gasteiger partial charge is 0.306 e. The molecule has 0 aromatic heterocycles. The second-order valence-electron chi connectivity index (χ2n) is 9.55. The van der Waals surface area contributed by atoms with E-state index in [0.29, 0.717) is 13.0 Å². The molecule has 0 spiro atoms. The molecule has 5 nitrogen and oxygen atoms in total. The maximum atomic E-state index is 12.6. The number of esters is 1. The summed E-state index contributed by atoms with van der Waals surface area (Å²) in [6.45, 7) is 4.35. The van der Waals surface area contributed by atoms with E-state index >= 15 is 0 Å². The summed E-state index contributed by atoms with van der Waals surface area (Å²) in [5.74, 6) is 2.11. The van der Waals surface area contributed by atoms with Crippen molar-refractivity contribution in [3.8, 4) is 0 Å². The van der Waals surface area contributed by atoms with Crippen LogP contribution in [-0.2, 0) is 30.4 Å². The molecule has 2 rings (SSSR count). The molecule has 0 saturated carbocycles. The maximum absolute atomic E-state index is 12.6. The molecule has 0 radical (unpaired) electrons. The highest BCUT2D eigenvalue weighted by Crippen LogP contribution is 2.21. The van der Waals surface area contributed by atoms with Crippen molar-refractivity contribution in [3.63, 3.8) is 0 Å². The summed E-state index contributed by atoms with van der Waals surface area (Å²) < 4.78 is 36.1. The van der Waals surface area contributed by atoms with Crippen LogP contribution in [0.3, 0.4) is 0 Å². The van der Waals surface area contributed by atoms with Gasteiger partial charge in [0.1, 0.15) is 6.61 Å². The molecule has 0 bridgehead atoms. The van der Waals surface area contributed by atoms with Gasteiger partial charge in [-0.15, -0.1) is 0 Å². The Morgan fingerprint density at radius 2 is 1.49 bits per heavy atom. The summed E-state index contributed by atoms with van der Waals surface area (Å²) in [4.78, 5) is 12.1. The van der Waals surface area contributed by atoms with Gasteiger partial charge >= 0.3 is 5.97 Å². The van der Waals surface area contributed by atoms with E-state index in [9.17, 15) is 13.2 Å². The number of carbonyl (C=O) groups is 1. The molecule has 0 saturated heterocycles. The lowest BCUT2D eigenvalue weighted by Crippen LogP contribution is -2.18. The number of carbonyl (C=O) groups excluding carboxylic acids is 1. The van der Waals surface area contributed by atoms with Gasteiger partial charge in [0.25, 0.3) is 10.1 Å². The van der Waals surface area contributed by atoms with E-state index < -0.39 is 10.1 Å². The van der Waals surface area contributed by atoms with Gasteiger partial charge < -0.3 is 4.74 Å². The Hall–Kier alpha value is -1.83. The zero-order chi connectivity index (χ0) is 26.8. The number of ether oxygens (including phenoxy) is 1. The highest BCUT2D eigenvalue weighted by atomic mass is 32.2. The largest absolute Gasteiger partial charge is 0.461 e. The first kappa shape index (κ1) is 31.4. The van der Waals surface area contributed by atoms with E-state index in [4.69, 9.17) is 8.92 Å². The Balaban J connectivity index is 1.45. The van der Waals surface area contributed by atoms with E-state index in [1.807, 2.05) is 49.0 Å². The van der Waals surface area contributed by atoms with Crippen LogP contribution in [-0.4, -0.2) is 32.0 Å². The summed E-state index contributed by atoms with van der Waals surface area (Å²) in [6, 6.07) is 16.6. The van der Waals surface area contributed by atoms with E-state index in [1.165, 1.54) is 12.8 Å². The van der Waals surface area contributed by atoms with Crippen molar-refractivity contribution in [2.75, 3.05) is 11.5 Å². The number of rotatable bonds is 20. The molecule has 206 valence electrons. The second kappa shape index (κ2) is 18.4. The van der Waals surface area contributed by atoms with Gasteiger partial charge in [0.05, 0.1) is 11.0 Å². The van der Waals surface area contributed by atoms with Crippen LogP contribution in [0.4, 0.5) is 0 Å². The zero-order valence-corrected chi connectivity index (χ0v) is 24.2. The fourth-order valence-electron chi connectivity index (χ4n) is 3.99. The number of unbranched alkanes of at least 4 members (excludes halogenated alkanes) is 5. The molecule has 0 N–H and O–H groups in total. The Labute approximate surface area is 228 Å². The molecule has 2 aromatic rings. The molecule has 0 aliphatic heterocycles. The lowest BCUT2D eigenvalue weighted by atomic mass is 10.1. The first-order chi connectivity index (χ1) is 17.9. The Morgan fingerprint density at radius 1 is 0.838 bits per heavy atom.